The van der Waals surface area contributed by atoms with Crippen LogP contribution in [0.15, 0.2) is 36.4 Å². The molecule has 0 unspecified atom stereocenters. The van der Waals surface area contributed by atoms with Crippen LogP contribution in [0.2, 0.25) is 0 Å². The fraction of sp³-hybridized carbons (Fsp3) is 0.250. The zero-order chi connectivity index (χ0) is 11.1. The highest BCUT2D eigenvalue weighted by Crippen LogP contribution is 2.02. The highest BCUT2D eigenvalue weighted by atomic mass is 16.1. The summed E-state index contributed by atoms with van der Waals surface area (Å²) in [5, 5.41) is 0. The van der Waals surface area contributed by atoms with Crippen LogP contribution in [0, 0.1) is 13.8 Å². The lowest BCUT2D eigenvalue weighted by molar-refractivity contribution is -0.114. The standard InChI is InChI=1S/C8H10.C4H7NO/c1-7-5-3-4-6-8(7)2;1-3(2)4(5)6/h3-6H,1-2H3;1H2,2H3,(H2,5,6). The minimum atomic E-state index is -0.435. The summed E-state index contributed by atoms with van der Waals surface area (Å²) in [6.45, 7) is 9.09. The largest absolute Gasteiger partial charge is 0.366 e. The van der Waals surface area contributed by atoms with Gasteiger partial charge < -0.3 is 5.73 Å². The third-order valence-electron chi connectivity index (χ3n) is 1.85. The number of aryl methyl sites for hydroxylation is 2. The average molecular weight is 191 g/mol. The van der Waals surface area contributed by atoms with Gasteiger partial charge in [0.15, 0.2) is 0 Å². The number of amides is 1. The molecule has 0 radical (unpaired) electrons. The van der Waals surface area contributed by atoms with E-state index in [0.29, 0.717) is 5.57 Å². The first-order chi connectivity index (χ1) is 6.45. The Kier molecular flexibility index (Phi) is 5.30. The molecule has 0 aliphatic carbocycles. The van der Waals surface area contributed by atoms with Crippen LogP contribution in [-0.2, 0) is 4.79 Å². The molecule has 0 fully saturated rings. The number of nitrogens with two attached hydrogens (primary N) is 1. The number of primary amides is 1. The minimum Gasteiger partial charge on any atom is -0.366 e. The van der Waals surface area contributed by atoms with Crippen LogP contribution in [-0.4, -0.2) is 5.91 Å². The fourth-order valence-corrected chi connectivity index (χ4v) is 0.663. The van der Waals surface area contributed by atoms with E-state index in [-0.39, 0.29) is 0 Å². The monoisotopic (exact) mass is 191 g/mol. The highest BCUT2D eigenvalue weighted by molar-refractivity contribution is 5.90. The van der Waals surface area contributed by atoms with Gasteiger partial charge in [-0.1, -0.05) is 30.8 Å². The summed E-state index contributed by atoms with van der Waals surface area (Å²) in [6.07, 6.45) is 0. The molecule has 0 atom stereocenters. The Morgan fingerprint density at radius 3 is 1.64 bits per heavy atom. The number of rotatable bonds is 1. The number of hydrogen-bond donors (Lipinski definition) is 1. The van der Waals surface area contributed by atoms with Crippen LogP contribution in [0.4, 0.5) is 0 Å². The Morgan fingerprint density at radius 2 is 1.50 bits per heavy atom. The molecule has 1 amide bonds. The summed E-state index contributed by atoms with van der Waals surface area (Å²) in [7, 11) is 0. The maximum absolute atomic E-state index is 9.82. The summed E-state index contributed by atoms with van der Waals surface area (Å²) >= 11 is 0. The molecule has 0 heterocycles. The summed E-state index contributed by atoms with van der Waals surface area (Å²) in [5.41, 5.74) is 7.83. The lowest BCUT2D eigenvalue weighted by atomic mass is 10.1. The maximum atomic E-state index is 9.82. The van der Waals surface area contributed by atoms with Gasteiger partial charge in [-0.25, -0.2) is 0 Å². The topological polar surface area (TPSA) is 43.1 Å². The molecule has 2 N–H and O–H groups in total. The van der Waals surface area contributed by atoms with Crippen molar-refractivity contribution in [1.82, 2.24) is 0 Å². The Hall–Kier alpha value is -1.57. The van der Waals surface area contributed by atoms with E-state index in [9.17, 15) is 4.79 Å². The van der Waals surface area contributed by atoms with Gasteiger partial charge in [-0.3, -0.25) is 4.79 Å². The van der Waals surface area contributed by atoms with Gasteiger partial charge in [-0.05, 0) is 31.9 Å². The molecule has 1 aromatic carbocycles. The normalized spacial score (nSPS) is 8.50. The molecule has 0 saturated heterocycles. The molecular weight excluding hydrogens is 174 g/mol. The van der Waals surface area contributed by atoms with Crippen LogP contribution < -0.4 is 5.73 Å². The first-order valence-corrected chi connectivity index (χ1v) is 4.42. The molecule has 0 aliphatic heterocycles. The molecule has 0 aromatic heterocycles. The average Bonchev–Trinajstić information content (AvgIpc) is 2.11. The van der Waals surface area contributed by atoms with Crippen LogP contribution in [0.3, 0.4) is 0 Å². The Balaban J connectivity index is 0.000000255. The lowest BCUT2D eigenvalue weighted by Gasteiger charge is -1.93. The van der Waals surface area contributed by atoms with E-state index in [2.05, 4.69) is 44.7 Å². The van der Waals surface area contributed by atoms with Crippen molar-refractivity contribution in [1.29, 1.82) is 0 Å². The van der Waals surface area contributed by atoms with Crippen LogP contribution >= 0.6 is 0 Å². The van der Waals surface area contributed by atoms with Crippen LogP contribution in [0.25, 0.3) is 0 Å². The van der Waals surface area contributed by atoms with Gasteiger partial charge in [0.2, 0.25) is 5.91 Å². The third-order valence-corrected chi connectivity index (χ3v) is 1.85. The van der Waals surface area contributed by atoms with Crippen molar-refractivity contribution in [3.63, 3.8) is 0 Å². The zero-order valence-corrected chi connectivity index (χ0v) is 9.00. The van der Waals surface area contributed by atoms with E-state index >= 15 is 0 Å². The number of carbonyl (C=O) groups excluding carboxylic acids is 1. The fourth-order valence-electron chi connectivity index (χ4n) is 0.663. The summed E-state index contributed by atoms with van der Waals surface area (Å²) < 4.78 is 0. The Labute approximate surface area is 85.4 Å². The molecule has 0 saturated carbocycles. The van der Waals surface area contributed by atoms with E-state index in [1.165, 1.54) is 11.1 Å². The second-order valence-electron chi connectivity index (χ2n) is 3.23. The quantitative estimate of drug-likeness (QED) is 0.680. The number of hydrogen-bond acceptors (Lipinski definition) is 1. The summed E-state index contributed by atoms with van der Waals surface area (Å²) in [6, 6.07) is 8.36. The van der Waals surface area contributed by atoms with E-state index in [0.717, 1.165) is 0 Å². The molecular formula is C12H17NO. The van der Waals surface area contributed by atoms with Crippen molar-refractivity contribution in [2.75, 3.05) is 0 Å². The second kappa shape index (κ2) is 5.97. The molecule has 14 heavy (non-hydrogen) atoms. The summed E-state index contributed by atoms with van der Waals surface area (Å²) in [4.78, 5) is 9.82. The van der Waals surface area contributed by atoms with Crippen LogP contribution in [0.5, 0.6) is 0 Å². The smallest absolute Gasteiger partial charge is 0.243 e. The van der Waals surface area contributed by atoms with E-state index in [1.807, 2.05) is 0 Å². The van der Waals surface area contributed by atoms with Gasteiger partial charge in [-0.15, -0.1) is 0 Å². The van der Waals surface area contributed by atoms with Crippen molar-refractivity contribution in [2.24, 2.45) is 5.73 Å². The first-order valence-electron chi connectivity index (χ1n) is 4.42. The predicted octanol–water partition coefficient (Wildman–Crippen LogP) is 2.35. The van der Waals surface area contributed by atoms with Gasteiger partial charge >= 0.3 is 0 Å². The van der Waals surface area contributed by atoms with Crippen molar-refractivity contribution >= 4 is 5.91 Å². The van der Waals surface area contributed by atoms with Crippen molar-refractivity contribution < 1.29 is 4.79 Å². The van der Waals surface area contributed by atoms with Crippen molar-refractivity contribution in [3.05, 3.63) is 47.5 Å². The van der Waals surface area contributed by atoms with E-state index in [4.69, 9.17) is 5.73 Å². The molecule has 0 spiro atoms. The molecule has 1 aromatic rings. The molecule has 76 valence electrons. The summed E-state index contributed by atoms with van der Waals surface area (Å²) in [5.74, 6) is -0.435. The van der Waals surface area contributed by atoms with E-state index < -0.39 is 5.91 Å². The molecule has 2 heteroatoms. The minimum absolute atomic E-state index is 0.398. The van der Waals surface area contributed by atoms with Gasteiger partial charge in [0.25, 0.3) is 0 Å². The maximum Gasteiger partial charge on any atom is 0.243 e. The third kappa shape index (κ3) is 5.14. The Bertz CT molecular complexity index is 296. The SMILES string of the molecule is C=C(C)C(N)=O.Cc1ccccc1C. The van der Waals surface area contributed by atoms with Gasteiger partial charge in [0.1, 0.15) is 0 Å². The molecule has 2 nitrogen and oxygen atoms in total. The molecule has 0 bridgehead atoms. The Morgan fingerprint density at radius 1 is 1.21 bits per heavy atom. The first kappa shape index (κ1) is 12.4. The van der Waals surface area contributed by atoms with Crippen molar-refractivity contribution in [2.45, 2.75) is 20.8 Å². The predicted molar refractivity (Wildman–Crippen MR) is 59.9 cm³/mol. The lowest BCUT2D eigenvalue weighted by Crippen LogP contribution is -2.10. The van der Waals surface area contributed by atoms with Crippen molar-refractivity contribution in [3.8, 4) is 0 Å². The number of carbonyl (C=O) groups is 1. The van der Waals surface area contributed by atoms with E-state index in [1.54, 1.807) is 6.92 Å². The molecule has 0 aliphatic rings. The number of benzene rings is 1. The second-order valence-corrected chi connectivity index (χ2v) is 3.23. The van der Waals surface area contributed by atoms with Crippen LogP contribution in [0.1, 0.15) is 18.1 Å². The highest BCUT2D eigenvalue weighted by Gasteiger charge is 1.86. The van der Waals surface area contributed by atoms with Gasteiger partial charge in [0.05, 0.1) is 0 Å². The van der Waals surface area contributed by atoms with Gasteiger partial charge in [-0.2, -0.15) is 0 Å². The molecule has 1 rings (SSSR count). The zero-order valence-electron chi connectivity index (χ0n) is 9.00. The van der Waals surface area contributed by atoms with Gasteiger partial charge in [0, 0.05) is 5.57 Å².